The molecule has 0 aliphatic rings. The Morgan fingerprint density at radius 1 is 0.302 bits per heavy atom. The molecule has 17 nitrogen and oxygen atoms in total. The Kier molecular flexibility index (Phi) is 66.1. The fraction of sp³-hybridized carbons (Fsp3) is 0.714. The Bertz CT molecular complexity index is 2250. The average Bonchev–Trinajstić information content (AvgIpc) is 1.13. The predicted molar refractivity (Wildman–Crippen MR) is 390 cm³/mol. The van der Waals surface area contributed by atoms with Crippen LogP contribution in [0.25, 0.3) is 0 Å². The van der Waals surface area contributed by atoms with Gasteiger partial charge in [-0.3, -0.25) is 37.3 Å². The first-order valence-corrected chi connectivity index (χ1v) is 40.1. The van der Waals surface area contributed by atoms with E-state index in [1.54, 1.807) is 0 Å². The molecule has 0 heterocycles. The molecule has 3 N–H and O–H groups in total. The number of hydrogen-bond acceptors (Lipinski definition) is 15. The highest BCUT2D eigenvalue weighted by Gasteiger charge is 2.30. The molecule has 0 radical (unpaired) electrons. The molecule has 0 aliphatic heterocycles. The number of rotatable bonds is 69. The summed E-state index contributed by atoms with van der Waals surface area (Å²) in [6.07, 6.45) is 72.3. The van der Waals surface area contributed by atoms with E-state index < -0.39 is 97.5 Å². The highest BCUT2D eigenvalue weighted by molar-refractivity contribution is 7.47. The van der Waals surface area contributed by atoms with E-state index in [1.807, 2.05) is 0 Å². The lowest BCUT2D eigenvalue weighted by Crippen LogP contribution is -2.30. The number of carbonyl (C=O) groups is 4. The van der Waals surface area contributed by atoms with Gasteiger partial charge in [0, 0.05) is 25.7 Å². The maximum absolute atomic E-state index is 13.0. The zero-order chi connectivity index (χ0) is 70.4. The summed E-state index contributed by atoms with van der Waals surface area (Å²) in [6.45, 7) is 4.51. The van der Waals surface area contributed by atoms with Crippen molar-refractivity contribution in [3.63, 3.8) is 0 Å². The molecule has 5 unspecified atom stereocenters. The minimum atomic E-state index is -4.98. The van der Waals surface area contributed by atoms with Crippen molar-refractivity contribution in [2.24, 2.45) is 0 Å². The molecule has 0 aromatic rings. The van der Waals surface area contributed by atoms with Crippen LogP contribution in [0.3, 0.4) is 0 Å². The van der Waals surface area contributed by atoms with Crippen LogP contribution in [-0.4, -0.2) is 96.7 Å². The molecule has 552 valence electrons. The second kappa shape index (κ2) is 69.2. The van der Waals surface area contributed by atoms with Crippen molar-refractivity contribution >= 4 is 39.5 Å². The SMILES string of the molecule is CC/C=C\C/C=C\C/C=C\C/C=C\CCCCCCC(=O)OCC(COP(=O)(O)OCC(O)COP(=O)(O)OCC(COC(=O)CCCCCCC/C=C\C/C=C\C/C=C\CC)OC(=O)CCCCCCC/C=C\C/C=C\CCC)OC(=O)CCCCCCCCCCCCC. The number of allylic oxidation sites excluding steroid dienone is 18. The zero-order valence-corrected chi connectivity index (χ0v) is 61.8. The van der Waals surface area contributed by atoms with Gasteiger partial charge in [-0.05, 0) is 122 Å². The number of hydrogen-bond donors (Lipinski definition) is 3. The largest absolute Gasteiger partial charge is 0.472 e. The third kappa shape index (κ3) is 68.3. The molecule has 0 aromatic heterocycles. The molecule has 0 fully saturated rings. The summed E-state index contributed by atoms with van der Waals surface area (Å²) < 4.78 is 68.3. The quantitative estimate of drug-likeness (QED) is 0.0169. The van der Waals surface area contributed by atoms with E-state index in [9.17, 15) is 43.2 Å². The fourth-order valence-corrected chi connectivity index (χ4v) is 11.2. The summed E-state index contributed by atoms with van der Waals surface area (Å²) in [5.41, 5.74) is 0. The standard InChI is InChI=1S/C77H132O17P2/c1-5-9-13-17-21-25-29-32-34-35-37-40-43-46-50-54-58-62-75(80)87-67-72(93-76(81)63-59-55-51-47-41-28-24-20-16-12-8-4)69-91-95(83,84)89-65-71(78)66-90-96(85,86)92-70-73(94-77(82)64-60-56-52-48-44-38-31-27-23-19-15-11-7-3)68-88-74(79)61-57-53-49-45-42-39-36-33-30-26-22-18-14-10-6-2/h9-10,13-15,19,21-22,25-27,31-34,36-37,40,71-73,78H,5-8,11-12,16-18,20,23-24,28-30,35,38-39,41-70H2,1-4H3,(H,83,84)(H,85,86)/b13-9-,14-10-,19-15-,25-21-,26-22-,31-27-,34-32-,36-33-,40-37-. The van der Waals surface area contributed by atoms with E-state index >= 15 is 0 Å². The Labute approximate surface area is 581 Å². The first kappa shape index (κ1) is 91.7. The van der Waals surface area contributed by atoms with Gasteiger partial charge in [-0.2, -0.15) is 0 Å². The number of unbranched alkanes of at least 4 members (excludes halogenated alkanes) is 25. The van der Waals surface area contributed by atoms with Gasteiger partial charge in [0.15, 0.2) is 12.2 Å². The van der Waals surface area contributed by atoms with Crippen LogP contribution in [0.5, 0.6) is 0 Å². The molecule has 0 saturated carbocycles. The van der Waals surface area contributed by atoms with E-state index in [4.69, 9.17) is 37.0 Å². The number of aliphatic hydroxyl groups is 1. The van der Waals surface area contributed by atoms with Crippen molar-refractivity contribution in [3.8, 4) is 0 Å². The van der Waals surface area contributed by atoms with Crippen molar-refractivity contribution in [1.29, 1.82) is 0 Å². The molecule has 0 aliphatic carbocycles. The molecule has 5 atom stereocenters. The Balaban J connectivity index is 5.35. The summed E-state index contributed by atoms with van der Waals surface area (Å²) in [7, 11) is -9.95. The van der Waals surface area contributed by atoms with Crippen LogP contribution in [-0.2, 0) is 65.4 Å². The summed E-state index contributed by atoms with van der Waals surface area (Å²) in [5.74, 6) is -2.23. The summed E-state index contributed by atoms with van der Waals surface area (Å²) >= 11 is 0. The van der Waals surface area contributed by atoms with Crippen LogP contribution < -0.4 is 0 Å². The third-order valence-corrected chi connectivity index (χ3v) is 17.1. The Morgan fingerprint density at radius 3 is 0.875 bits per heavy atom. The van der Waals surface area contributed by atoms with Gasteiger partial charge in [-0.15, -0.1) is 0 Å². The molecule has 0 bridgehead atoms. The third-order valence-electron chi connectivity index (χ3n) is 15.2. The van der Waals surface area contributed by atoms with E-state index in [0.717, 1.165) is 180 Å². The fourth-order valence-electron chi connectivity index (χ4n) is 9.62. The van der Waals surface area contributed by atoms with E-state index in [1.165, 1.54) is 38.5 Å². The second-order valence-corrected chi connectivity index (χ2v) is 27.4. The molecule has 0 amide bonds. The van der Waals surface area contributed by atoms with Gasteiger partial charge in [0.1, 0.15) is 19.3 Å². The number of phosphoric acid groups is 2. The van der Waals surface area contributed by atoms with Crippen molar-refractivity contribution in [2.75, 3.05) is 39.6 Å². The van der Waals surface area contributed by atoms with Gasteiger partial charge in [0.2, 0.25) is 0 Å². The first-order valence-electron chi connectivity index (χ1n) is 37.1. The van der Waals surface area contributed by atoms with Gasteiger partial charge in [-0.25, -0.2) is 9.13 Å². The van der Waals surface area contributed by atoms with Gasteiger partial charge >= 0.3 is 39.5 Å². The second-order valence-electron chi connectivity index (χ2n) is 24.5. The lowest BCUT2D eigenvalue weighted by Gasteiger charge is -2.21. The first-order chi connectivity index (χ1) is 46.7. The predicted octanol–water partition coefficient (Wildman–Crippen LogP) is 21.0. The van der Waals surface area contributed by atoms with Gasteiger partial charge in [0.25, 0.3) is 0 Å². The molecule has 96 heavy (non-hydrogen) atoms. The highest BCUT2D eigenvalue weighted by Crippen LogP contribution is 2.45. The summed E-state index contributed by atoms with van der Waals surface area (Å²) in [4.78, 5) is 72.7. The number of ether oxygens (including phenoxy) is 4. The van der Waals surface area contributed by atoms with Crippen molar-refractivity contribution in [2.45, 2.75) is 316 Å². The van der Waals surface area contributed by atoms with Crippen molar-refractivity contribution < 1.29 is 80.2 Å². The van der Waals surface area contributed by atoms with Crippen molar-refractivity contribution in [3.05, 3.63) is 109 Å². The maximum Gasteiger partial charge on any atom is 0.472 e. The molecule has 19 heteroatoms. The highest BCUT2D eigenvalue weighted by atomic mass is 31.2. The van der Waals surface area contributed by atoms with Gasteiger partial charge in [0.05, 0.1) is 26.4 Å². The van der Waals surface area contributed by atoms with Crippen LogP contribution >= 0.6 is 15.6 Å². The van der Waals surface area contributed by atoms with Gasteiger partial charge in [-0.1, -0.05) is 259 Å². The zero-order valence-electron chi connectivity index (χ0n) is 60.0. The Hall–Kier alpha value is -4.28. The molecule has 0 rings (SSSR count). The average molecular weight is 1390 g/mol. The van der Waals surface area contributed by atoms with Crippen LogP contribution in [0.1, 0.15) is 297 Å². The number of carbonyl (C=O) groups excluding carboxylic acids is 4. The molecular weight excluding hydrogens is 1260 g/mol. The normalized spacial score (nSPS) is 14.6. The van der Waals surface area contributed by atoms with E-state index in [2.05, 4.69) is 137 Å². The van der Waals surface area contributed by atoms with Crippen LogP contribution in [0.4, 0.5) is 0 Å². The number of aliphatic hydroxyl groups excluding tert-OH is 1. The Morgan fingerprint density at radius 2 is 0.562 bits per heavy atom. The maximum atomic E-state index is 13.0. The smallest absolute Gasteiger partial charge is 0.462 e. The number of esters is 4. The lowest BCUT2D eigenvalue weighted by atomic mass is 10.1. The number of phosphoric ester groups is 2. The van der Waals surface area contributed by atoms with Gasteiger partial charge < -0.3 is 33.8 Å². The minimum absolute atomic E-state index is 0.0736. The molecule has 0 aromatic carbocycles. The molecule has 0 spiro atoms. The molecular formula is C77H132O17P2. The van der Waals surface area contributed by atoms with Crippen molar-refractivity contribution in [1.82, 2.24) is 0 Å². The topological polar surface area (TPSA) is 237 Å². The monoisotopic (exact) mass is 1390 g/mol. The lowest BCUT2D eigenvalue weighted by molar-refractivity contribution is -0.161. The van der Waals surface area contributed by atoms with Crippen LogP contribution in [0.15, 0.2) is 109 Å². The van der Waals surface area contributed by atoms with E-state index in [-0.39, 0.29) is 25.7 Å². The minimum Gasteiger partial charge on any atom is -0.462 e. The molecule has 0 saturated heterocycles. The van der Waals surface area contributed by atoms with Crippen LogP contribution in [0, 0.1) is 0 Å². The summed E-state index contributed by atoms with van der Waals surface area (Å²) in [6, 6.07) is 0. The van der Waals surface area contributed by atoms with E-state index in [0.29, 0.717) is 25.7 Å². The summed E-state index contributed by atoms with van der Waals surface area (Å²) in [5, 5.41) is 10.6. The van der Waals surface area contributed by atoms with Crippen LogP contribution in [0.2, 0.25) is 0 Å².